The van der Waals surface area contributed by atoms with Crippen LogP contribution in [0.4, 0.5) is 0 Å². The normalized spacial score (nSPS) is 19.5. The molecule has 0 saturated carbocycles. The van der Waals surface area contributed by atoms with Gasteiger partial charge in [-0.3, -0.25) is 5.32 Å². The Labute approximate surface area is 343 Å². The number of benzene rings is 7. The van der Waals surface area contributed by atoms with Crippen LogP contribution in [0.5, 0.6) is 0 Å². The summed E-state index contributed by atoms with van der Waals surface area (Å²) in [5, 5.41) is 12.2. The lowest BCUT2D eigenvalue weighted by atomic mass is 9.82. The van der Waals surface area contributed by atoms with Gasteiger partial charge in [0, 0.05) is 50.2 Å². The van der Waals surface area contributed by atoms with Gasteiger partial charge in [0.25, 0.3) is 0 Å². The summed E-state index contributed by atoms with van der Waals surface area (Å²) in [7, 11) is 0. The summed E-state index contributed by atoms with van der Waals surface area (Å²) in [5.41, 5.74) is 15.2. The second-order valence-corrected chi connectivity index (χ2v) is 16.8. The van der Waals surface area contributed by atoms with Gasteiger partial charge >= 0.3 is 0 Å². The van der Waals surface area contributed by atoms with Crippen LogP contribution in [-0.4, -0.2) is 16.6 Å². The van der Waals surface area contributed by atoms with Crippen LogP contribution in [0.3, 0.4) is 0 Å². The van der Waals surface area contributed by atoms with Crippen LogP contribution in [0, 0.1) is 0 Å². The van der Waals surface area contributed by atoms with Crippen molar-refractivity contribution < 1.29 is 4.42 Å². The molecule has 3 unspecified atom stereocenters. The van der Waals surface area contributed by atoms with Crippen LogP contribution >= 0.6 is 0 Å². The number of aliphatic imine (C=N–C) groups is 1. The molecule has 3 heterocycles. The summed E-state index contributed by atoms with van der Waals surface area (Å²) in [6, 6.07) is 56.9. The number of allylic oxidation sites excluding steroid dienone is 2. The molecule has 0 saturated heterocycles. The van der Waals surface area contributed by atoms with Gasteiger partial charge in [0.05, 0.1) is 11.0 Å². The van der Waals surface area contributed by atoms with Gasteiger partial charge in [-0.15, -0.1) is 0 Å². The maximum atomic E-state index is 6.77. The molecule has 284 valence electrons. The maximum absolute atomic E-state index is 6.77. The molecular formula is C54H42N4O. The van der Waals surface area contributed by atoms with Gasteiger partial charge in [0.15, 0.2) is 0 Å². The second-order valence-electron chi connectivity index (χ2n) is 16.8. The Balaban J connectivity index is 0.978. The molecule has 3 aliphatic rings. The number of furan rings is 1. The fourth-order valence-corrected chi connectivity index (χ4v) is 10.1. The zero-order valence-electron chi connectivity index (χ0n) is 33.0. The monoisotopic (exact) mass is 762 g/mol. The Bertz CT molecular complexity index is 3240. The molecule has 7 aromatic carbocycles. The van der Waals surface area contributed by atoms with E-state index in [1.54, 1.807) is 0 Å². The van der Waals surface area contributed by atoms with E-state index in [9.17, 15) is 0 Å². The molecule has 2 aromatic heterocycles. The first-order valence-electron chi connectivity index (χ1n) is 20.7. The number of para-hydroxylation sites is 1. The van der Waals surface area contributed by atoms with Crippen molar-refractivity contribution in [2.75, 3.05) is 0 Å². The molecule has 5 heteroatoms. The van der Waals surface area contributed by atoms with E-state index in [2.05, 4.69) is 205 Å². The molecule has 59 heavy (non-hydrogen) atoms. The highest BCUT2D eigenvalue weighted by Gasteiger charge is 2.36. The van der Waals surface area contributed by atoms with E-state index < -0.39 is 0 Å². The number of rotatable bonds is 5. The first-order valence-corrected chi connectivity index (χ1v) is 20.7. The molecule has 0 spiro atoms. The third-order valence-corrected chi connectivity index (χ3v) is 13.0. The molecule has 3 atom stereocenters. The summed E-state index contributed by atoms with van der Waals surface area (Å²) in [6.07, 6.45) is 7.51. The van der Waals surface area contributed by atoms with Crippen molar-refractivity contribution in [1.82, 2.24) is 15.2 Å². The number of aromatic nitrogens is 1. The number of nitrogens with one attached hydrogen (secondary N) is 2. The molecular weight excluding hydrogens is 721 g/mol. The molecule has 2 N–H and O–H groups in total. The Morgan fingerprint density at radius 1 is 0.627 bits per heavy atom. The minimum Gasteiger partial charge on any atom is -0.456 e. The SMILES string of the molecule is CC1(C)c2ccccc2-c2cc3c(cc21)c1ccccc1n3-c1ccc2c(c1)oc1cccc(C3=NC(C4=CCC(c5ccccc5)C=C4)NC(c4ccccc4)N3)c12. The lowest BCUT2D eigenvalue weighted by Gasteiger charge is -2.33. The number of fused-ring (bicyclic) bond motifs is 9. The highest BCUT2D eigenvalue weighted by Crippen LogP contribution is 2.51. The topological polar surface area (TPSA) is 54.5 Å². The van der Waals surface area contributed by atoms with Gasteiger partial charge in [-0.05, 0) is 81.8 Å². The van der Waals surface area contributed by atoms with E-state index in [1.165, 1.54) is 55.2 Å². The number of amidine groups is 1. The summed E-state index contributed by atoms with van der Waals surface area (Å²) in [5.74, 6) is 1.21. The van der Waals surface area contributed by atoms with Gasteiger partial charge in [-0.1, -0.05) is 147 Å². The lowest BCUT2D eigenvalue weighted by molar-refractivity contribution is 0.434. The standard InChI is InChI=1S/C54H42N4O/c1-54(2)44-21-11-9-18-38(44)42-32-47-43(31-45(42)54)39-19-10-12-22-46(39)58(47)37-28-29-40-49(30-37)59-48-23-13-20-41(50(40)48)53-56-51(35-16-7-4-8-17-35)55-52(57-53)36-26-24-34(25-27-36)33-14-5-3-6-15-33/h3-24,26-32,34,51-52,55H,25H2,1-2H3,(H,56,57). The third kappa shape index (κ3) is 5.31. The van der Waals surface area contributed by atoms with Crippen molar-refractivity contribution >= 4 is 49.6 Å². The van der Waals surface area contributed by atoms with Crippen LogP contribution in [0.25, 0.3) is 60.6 Å². The van der Waals surface area contributed by atoms with E-state index in [0.29, 0.717) is 5.92 Å². The molecule has 5 nitrogen and oxygen atoms in total. The lowest BCUT2D eigenvalue weighted by Crippen LogP contribution is -2.49. The molecule has 9 aromatic rings. The molecule has 0 fully saturated rings. The van der Waals surface area contributed by atoms with Crippen molar-refractivity contribution in [2.45, 2.75) is 43.9 Å². The summed E-state index contributed by atoms with van der Waals surface area (Å²) >= 11 is 0. The number of hydrogen-bond acceptors (Lipinski definition) is 4. The molecule has 0 radical (unpaired) electrons. The van der Waals surface area contributed by atoms with E-state index in [4.69, 9.17) is 9.41 Å². The van der Waals surface area contributed by atoms with Gasteiger partial charge < -0.3 is 14.3 Å². The first-order chi connectivity index (χ1) is 29.0. The summed E-state index contributed by atoms with van der Waals surface area (Å²) in [4.78, 5) is 5.40. The number of nitrogens with zero attached hydrogens (tertiary/aromatic N) is 2. The predicted molar refractivity (Wildman–Crippen MR) is 242 cm³/mol. The molecule has 1 aliphatic heterocycles. The molecule has 0 bridgehead atoms. The molecule has 12 rings (SSSR count). The Kier molecular flexibility index (Phi) is 7.54. The Morgan fingerprint density at radius 2 is 1.39 bits per heavy atom. The first kappa shape index (κ1) is 34.1. The van der Waals surface area contributed by atoms with Gasteiger partial charge in [-0.25, -0.2) is 4.99 Å². The minimum atomic E-state index is -0.223. The smallest absolute Gasteiger partial charge is 0.137 e. The maximum Gasteiger partial charge on any atom is 0.137 e. The highest BCUT2D eigenvalue weighted by atomic mass is 16.3. The van der Waals surface area contributed by atoms with Crippen LogP contribution in [0.1, 0.15) is 60.2 Å². The Morgan fingerprint density at radius 3 is 2.22 bits per heavy atom. The fraction of sp³-hybridized carbons (Fsp3) is 0.130. The van der Waals surface area contributed by atoms with Crippen molar-refractivity contribution in [3.63, 3.8) is 0 Å². The van der Waals surface area contributed by atoms with E-state index in [1.807, 2.05) is 0 Å². The van der Waals surface area contributed by atoms with Crippen LogP contribution in [-0.2, 0) is 5.41 Å². The van der Waals surface area contributed by atoms with E-state index >= 15 is 0 Å². The zero-order valence-corrected chi connectivity index (χ0v) is 33.0. The van der Waals surface area contributed by atoms with E-state index in [-0.39, 0.29) is 17.7 Å². The van der Waals surface area contributed by atoms with Gasteiger partial charge in [0.1, 0.15) is 29.3 Å². The van der Waals surface area contributed by atoms with Crippen molar-refractivity contribution in [2.24, 2.45) is 4.99 Å². The number of hydrogen-bond donors (Lipinski definition) is 2. The van der Waals surface area contributed by atoms with Gasteiger partial charge in [-0.2, -0.15) is 0 Å². The van der Waals surface area contributed by atoms with E-state index in [0.717, 1.165) is 51.0 Å². The molecule has 2 aliphatic carbocycles. The third-order valence-electron chi connectivity index (χ3n) is 13.0. The summed E-state index contributed by atoms with van der Waals surface area (Å²) < 4.78 is 9.18. The van der Waals surface area contributed by atoms with Crippen LogP contribution in [0.2, 0.25) is 0 Å². The second kappa shape index (κ2) is 13.0. The largest absolute Gasteiger partial charge is 0.456 e. The van der Waals surface area contributed by atoms with Crippen molar-refractivity contribution in [3.05, 3.63) is 209 Å². The fourth-order valence-electron chi connectivity index (χ4n) is 10.1. The highest BCUT2D eigenvalue weighted by molar-refractivity contribution is 6.18. The zero-order chi connectivity index (χ0) is 39.2. The average molecular weight is 763 g/mol. The average Bonchev–Trinajstić information content (AvgIpc) is 3.91. The summed E-state index contributed by atoms with van der Waals surface area (Å²) in [6.45, 7) is 4.70. The minimum absolute atomic E-state index is 0.0711. The van der Waals surface area contributed by atoms with Crippen molar-refractivity contribution in [3.8, 4) is 16.8 Å². The van der Waals surface area contributed by atoms with Crippen LogP contribution < -0.4 is 10.6 Å². The van der Waals surface area contributed by atoms with Crippen LogP contribution in [0.15, 0.2) is 191 Å². The quantitative estimate of drug-likeness (QED) is 0.184. The predicted octanol–water partition coefficient (Wildman–Crippen LogP) is 12.6. The van der Waals surface area contributed by atoms with Crippen molar-refractivity contribution in [1.29, 1.82) is 0 Å². The van der Waals surface area contributed by atoms with Gasteiger partial charge in [0.2, 0.25) is 0 Å². The Hall–Kier alpha value is -6.95. The molecule has 0 amide bonds.